The number of halogens is 5. The summed E-state index contributed by atoms with van der Waals surface area (Å²) < 4.78 is 37.5. The second-order valence-corrected chi connectivity index (χ2v) is 4.11. The maximum absolute atomic E-state index is 12.5. The molecule has 0 saturated heterocycles. The number of aliphatic hydroxyl groups is 1. The lowest BCUT2D eigenvalue weighted by atomic mass is 10.0. The van der Waals surface area contributed by atoms with Crippen LogP contribution in [0.25, 0.3) is 0 Å². The molecule has 1 atom stereocenters. The van der Waals surface area contributed by atoms with Crippen LogP contribution in [0.15, 0.2) is 18.2 Å². The van der Waals surface area contributed by atoms with E-state index in [0.717, 1.165) is 12.1 Å². The molecule has 0 saturated carbocycles. The number of hydrogen-bond acceptors (Lipinski definition) is 2. The zero-order valence-electron chi connectivity index (χ0n) is 9.38. The molecule has 1 rings (SSSR count). The molecule has 0 unspecified atom stereocenters. The molecule has 0 radical (unpaired) electrons. The second-order valence-electron chi connectivity index (χ2n) is 3.71. The lowest BCUT2D eigenvalue weighted by Crippen LogP contribution is -2.13. The Balaban J connectivity index is 0.00000289. The highest BCUT2D eigenvalue weighted by molar-refractivity contribution is 6.31. The van der Waals surface area contributed by atoms with Crippen LogP contribution in [-0.2, 0) is 6.18 Å². The number of aliphatic hydroxyl groups excluding tert-OH is 1. The Morgan fingerprint density at radius 1 is 1.33 bits per heavy atom. The number of rotatable bonds is 4. The topological polar surface area (TPSA) is 46.2 Å². The first kappa shape index (κ1) is 17.5. The van der Waals surface area contributed by atoms with Crippen molar-refractivity contribution >= 4 is 24.0 Å². The Bertz CT molecular complexity index is 385. The van der Waals surface area contributed by atoms with Crippen molar-refractivity contribution in [2.75, 3.05) is 6.61 Å². The van der Waals surface area contributed by atoms with Crippen molar-refractivity contribution < 1.29 is 18.3 Å². The summed E-state index contributed by atoms with van der Waals surface area (Å²) >= 11 is 5.81. The monoisotopic (exact) mass is 303 g/mol. The summed E-state index contributed by atoms with van der Waals surface area (Å²) in [5.41, 5.74) is 5.22. The first-order chi connectivity index (χ1) is 7.86. The number of alkyl halides is 3. The second kappa shape index (κ2) is 7.19. The average molecular weight is 304 g/mol. The molecule has 0 amide bonds. The van der Waals surface area contributed by atoms with Crippen LogP contribution in [-0.4, -0.2) is 11.7 Å². The van der Waals surface area contributed by atoms with Crippen LogP contribution in [0.3, 0.4) is 0 Å². The largest absolute Gasteiger partial charge is 0.416 e. The predicted octanol–water partition coefficient (Wildman–Crippen LogP) is 3.55. The molecule has 0 bridgehead atoms. The van der Waals surface area contributed by atoms with Gasteiger partial charge in [0.25, 0.3) is 0 Å². The third-order valence-corrected chi connectivity index (χ3v) is 2.74. The van der Waals surface area contributed by atoms with Crippen molar-refractivity contribution in [3.05, 3.63) is 34.3 Å². The van der Waals surface area contributed by atoms with Crippen molar-refractivity contribution in [2.45, 2.75) is 25.1 Å². The van der Waals surface area contributed by atoms with Gasteiger partial charge in [0.05, 0.1) is 5.56 Å². The minimum atomic E-state index is -4.41. The van der Waals surface area contributed by atoms with Gasteiger partial charge in [-0.15, -0.1) is 12.4 Å². The fraction of sp³-hybridized carbons (Fsp3) is 0.455. The zero-order chi connectivity index (χ0) is 13.1. The minimum absolute atomic E-state index is 0. The lowest BCUT2D eigenvalue weighted by Gasteiger charge is -2.15. The molecule has 0 spiro atoms. The molecule has 1 aromatic rings. The van der Waals surface area contributed by atoms with Gasteiger partial charge in [0, 0.05) is 17.7 Å². The van der Waals surface area contributed by atoms with Crippen molar-refractivity contribution in [1.29, 1.82) is 0 Å². The summed E-state index contributed by atoms with van der Waals surface area (Å²) in [5, 5.41) is 8.86. The number of benzene rings is 1. The number of nitrogens with two attached hydrogens (primary N) is 1. The molecule has 0 aliphatic rings. The minimum Gasteiger partial charge on any atom is -0.396 e. The van der Waals surface area contributed by atoms with Crippen LogP contribution in [0.4, 0.5) is 13.2 Å². The van der Waals surface area contributed by atoms with Gasteiger partial charge < -0.3 is 10.8 Å². The SMILES string of the molecule is Cl.N[C@@H](CCCO)c1cc(C(F)(F)F)ccc1Cl. The maximum atomic E-state index is 12.5. The highest BCUT2D eigenvalue weighted by Crippen LogP contribution is 2.34. The molecule has 0 aliphatic heterocycles. The van der Waals surface area contributed by atoms with Gasteiger partial charge in [0.2, 0.25) is 0 Å². The summed E-state index contributed by atoms with van der Waals surface area (Å²) in [6.07, 6.45) is -3.60. The standard InChI is InChI=1S/C11H13ClF3NO.ClH/c12-9-4-3-7(11(13,14)15)6-8(9)10(16)2-1-5-17;/h3-4,6,10,17H,1-2,5,16H2;1H/t10-;/m0./s1. The molecule has 0 heterocycles. The Kier molecular flexibility index (Phi) is 6.99. The molecule has 2 nitrogen and oxygen atoms in total. The first-order valence-electron chi connectivity index (χ1n) is 5.09. The van der Waals surface area contributed by atoms with E-state index in [1.165, 1.54) is 6.07 Å². The van der Waals surface area contributed by atoms with Gasteiger partial charge in [-0.1, -0.05) is 11.6 Å². The smallest absolute Gasteiger partial charge is 0.396 e. The lowest BCUT2D eigenvalue weighted by molar-refractivity contribution is -0.137. The van der Waals surface area contributed by atoms with Crippen molar-refractivity contribution in [3.8, 4) is 0 Å². The van der Waals surface area contributed by atoms with E-state index in [2.05, 4.69) is 0 Å². The third-order valence-electron chi connectivity index (χ3n) is 2.40. The normalized spacial score (nSPS) is 13.0. The summed E-state index contributed by atoms with van der Waals surface area (Å²) in [5.74, 6) is 0. The molecule has 7 heteroatoms. The molecule has 104 valence electrons. The molecule has 0 fully saturated rings. The predicted molar refractivity (Wildman–Crippen MR) is 67.0 cm³/mol. The first-order valence-corrected chi connectivity index (χ1v) is 5.47. The van der Waals surface area contributed by atoms with Gasteiger partial charge in [-0.05, 0) is 36.6 Å². The Labute approximate surface area is 114 Å². The number of hydrogen-bond donors (Lipinski definition) is 2. The van der Waals surface area contributed by atoms with Crippen LogP contribution in [0.2, 0.25) is 5.02 Å². The fourth-order valence-electron chi connectivity index (χ4n) is 1.47. The van der Waals surface area contributed by atoms with Gasteiger partial charge in [-0.25, -0.2) is 0 Å². The van der Waals surface area contributed by atoms with Crippen molar-refractivity contribution in [3.63, 3.8) is 0 Å². The Morgan fingerprint density at radius 2 is 1.94 bits per heavy atom. The molecule has 3 N–H and O–H groups in total. The van der Waals surface area contributed by atoms with Gasteiger partial charge in [-0.3, -0.25) is 0 Å². The summed E-state index contributed by atoms with van der Waals surface area (Å²) in [6.45, 7) is -0.0513. The quantitative estimate of drug-likeness (QED) is 0.893. The van der Waals surface area contributed by atoms with E-state index < -0.39 is 17.8 Å². The molecule has 1 aromatic carbocycles. The summed E-state index contributed by atoms with van der Waals surface area (Å²) in [7, 11) is 0. The average Bonchev–Trinajstić information content (AvgIpc) is 2.24. The van der Waals surface area contributed by atoms with Crippen LogP contribution in [0.5, 0.6) is 0 Å². The Morgan fingerprint density at radius 3 is 2.44 bits per heavy atom. The molecular weight excluding hydrogens is 290 g/mol. The molecule has 0 aromatic heterocycles. The fourth-order valence-corrected chi connectivity index (χ4v) is 1.73. The molecular formula is C11H14Cl2F3NO. The summed E-state index contributed by atoms with van der Waals surface area (Å²) in [6, 6.07) is 2.48. The van der Waals surface area contributed by atoms with Crippen molar-refractivity contribution in [1.82, 2.24) is 0 Å². The van der Waals surface area contributed by atoms with E-state index >= 15 is 0 Å². The van der Waals surface area contributed by atoms with Gasteiger partial charge in [0.15, 0.2) is 0 Å². The van der Waals surface area contributed by atoms with E-state index in [1.54, 1.807) is 0 Å². The van der Waals surface area contributed by atoms with E-state index in [-0.39, 0.29) is 29.6 Å². The molecule has 18 heavy (non-hydrogen) atoms. The van der Waals surface area contributed by atoms with Crippen molar-refractivity contribution in [2.24, 2.45) is 5.73 Å². The van der Waals surface area contributed by atoms with E-state index in [0.29, 0.717) is 12.8 Å². The van der Waals surface area contributed by atoms with E-state index in [9.17, 15) is 13.2 Å². The van der Waals surface area contributed by atoms with E-state index in [4.69, 9.17) is 22.4 Å². The maximum Gasteiger partial charge on any atom is 0.416 e. The van der Waals surface area contributed by atoms with E-state index in [1.807, 2.05) is 0 Å². The molecule has 0 aliphatic carbocycles. The van der Waals surface area contributed by atoms with Gasteiger partial charge in [-0.2, -0.15) is 13.2 Å². The van der Waals surface area contributed by atoms with Gasteiger partial charge >= 0.3 is 6.18 Å². The third kappa shape index (κ3) is 4.65. The van der Waals surface area contributed by atoms with Crippen LogP contribution >= 0.6 is 24.0 Å². The van der Waals surface area contributed by atoms with Crippen LogP contribution in [0.1, 0.15) is 30.0 Å². The zero-order valence-corrected chi connectivity index (χ0v) is 10.9. The van der Waals surface area contributed by atoms with Crippen LogP contribution < -0.4 is 5.73 Å². The summed E-state index contributed by atoms with van der Waals surface area (Å²) in [4.78, 5) is 0. The highest BCUT2D eigenvalue weighted by atomic mass is 35.5. The highest BCUT2D eigenvalue weighted by Gasteiger charge is 2.31. The van der Waals surface area contributed by atoms with Crippen LogP contribution in [0, 0.1) is 0 Å². The van der Waals surface area contributed by atoms with Gasteiger partial charge in [0.1, 0.15) is 0 Å². The Hall–Kier alpha value is -0.490.